The molecule has 0 unspecified atom stereocenters. The van der Waals surface area contributed by atoms with Crippen molar-refractivity contribution in [2.24, 2.45) is 0 Å². The standard InChI is InChI=1S/C15H21NO4/c1-18-11-15(17)16-6-7-20-14(10-16)9-12-4-3-5-13(8-12)19-2/h3-5,8,14H,6-7,9-11H2,1-2H3/t14-/m1/s1. The van der Waals surface area contributed by atoms with Crippen molar-refractivity contribution >= 4 is 5.91 Å². The quantitative estimate of drug-likeness (QED) is 0.810. The van der Waals surface area contributed by atoms with Crippen LogP contribution in [0.1, 0.15) is 5.56 Å². The fraction of sp³-hybridized carbons (Fsp3) is 0.533. The Kier molecular flexibility index (Phi) is 5.38. The largest absolute Gasteiger partial charge is 0.497 e. The highest BCUT2D eigenvalue weighted by atomic mass is 16.5. The van der Waals surface area contributed by atoms with Crippen molar-refractivity contribution in [3.8, 4) is 5.75 Å². The maximum Gasteiger partial charge on any atom is 0.248 e. The van der Waals surface area contributed by atoms with Crippen LogP contribution in [0.25, 0.3) is 0 Å². The van der Waals surface area contributed by atoms with Crippen LogP contribution in [-0.4, -0.2) is 57.4 Å². The van der Waals surface area contributed by atoms with Crippen LogP contribution in [0.2, 0.25) is 0 Å². The van der Waals surface area contributed by atoms with E-state index in [1.165, 1.54) is 7.11 Å². The zero-order valence-corrected chi connectivity index (χ0v) is 12.0. The van der Waals surface area contributed by atoms with Gasteiger partial charge in [0.1, 0.15) is 12.4 Å². The molecule has 1 heterocycles. The first-order chi connectivity index (χ1) is 9.72. The number of rotatable bonds is 5. The molecule has 1 aromatic rings. The van der Waals surface area contributed by atoms with Crippen LogP contribution >= 0.6 is 0 Å². The third-order valence-electron chi connectivity index (χ3n) is 3.36. The smallest absolute Gasteiger partial charge is 0.248 e. The summed E-state index contributed by atoms with van der Waals surface area (Å²) in [6.45, 7) is 1.95. The molecule has 1 aliphatic heterocycles. The molecular formula is C15H21NO4. The van der Waals surface area contributed by atoms with E-state index < -0.39 is 0 Å². The van der Waals surface area contributed by atoms with E-state index in [1.54, 1.807) is 12.0 Å². The summed E-state index contributed by atoms with van der Waals surface area (Å²) >= 11 is 0. The van der Waals surface area contributed by atoms with Gasteiger partial charge in [-0.3, -0.25) is 4.79 Å². The molecule has 5 nitrogen and oxygen atoms in total. The molecule has 1 aromatic carbocycles. The highest BCUT2D eigenvalue weighted by Crippen LogP contribution is 2.17. The molecule has 1 atom stereocenters. The fourth-order valence-corrected chi connectivity index (χ4v) is 2.35. The van der Waals surface area contributed by atoms with Crippen molar-refractivity contribution in [2.75, 3.05) is 40.5 Å². The van der Waals surface area contributed by atoms with E-state index in [1.807, 2.05) is 24.3 Å². The SMILES string of the molecule is COCC(=O)N1CCO[C@H](Cc2cccc(OC)c2)C1. The van der Waals surface area contributed by atoms with Crippen molar-refractivity contribution in [3.05, 3.63) is 29.8 Å². The Hall–Kier alpha value is -1.59. The van der Waals surface area contributed by atoms with E-state index in [9.17, 15) is 4.79 Å². The van der Waals surface area contributed by atoms with Crippen molar-refractivity contribution < 1.29 is 19.0 Å². The first kappa shape index (κ1) is 14.8. The molecule has 1 aliphatic rings. The molecule has 0 saturated carbocycles. The number of hydrogen-bond acceptors (Lipinski definition) is 4. The average molecular weight is 279 g/mol. The monoisotopic (exact) mass is 279 g/mol. The number of carbonyl (C=O) groups excluding carboxylic acids is 1. The lowest BCUT2D eigenvalue weighted by atomic mass is 10.1. The Labute approximate surface area is 119 Å². The highest BCUT2D eigenvalue weighted by Gasteiger charge is 2.24. The van der Waals surface area contributed by atoms with E-state index in [0.717, 1.165) is 17.7 Å². The van der Waals surface area contributed by atoms with Gasteiger partial charge in [0.25, 0.3) is 0 Å². The maximum atomic E-state index is 11.8. The number of hydrogen-bond donors (Lipinski definition) is 0. The molecule has 0 bridgehead atoms. The highest BCUT2D eigenvalue weighted by molar-refractivity contribution is 5.77. The van der Waals surface area contributed by atoms with Gasteiger partial charge in [-0.05, 0) is 17.7 Å². The van der Waals surface area contributed by atoms with Gasteiger partial charge in [0.05, 0.1) is 19.8 Å². The van der Waals surface area contributed by atoms with Crippen LogP contribution in [0, 0.1) is 0 Å². The van der Waals surface area contributed by atoms with Crippen molar-refractivity contribution in [1.29, 1.82) is 0 Å². The number of ether oxygens (including phenoxy) is 3. The Balaban J connectivity index is 1.93. The fourth-order valence-electron chi connectivity index (χ4n) is 2.35. The lowest BCUT2D eigenvalue weighted by molar-refractivity contribution is -0.142. The number of methoxy groups -OCH3 is 2. The summed E-state index contributed by atoms with van der Waals surface area (Å²) in [6.07, 6.45) is 0.796. The second kappa shape index (κ2) is 7.26. The van der Waals surface area contributed by atoms with Crippen LogP contribution < -0.4 is 4.74 Å². The summed E-state index contributed by atoms with van der Waals surface area (Å²) in [7, 11) is 3.19. The first-order valence-electron chi connectivity index (χ1n) is 6.74. The van der Waals surface area contributed by atoms with E-state index >= 15 is 0 Å². The van der Waals surface area contributed by atoms with Crippen molar-refractivity contribution in [1.82, 2.24) is 4.90 Å². The van der Waals surface area contributed by atoms with Crippen LogP contribution in [0.5, 0.6) is 5.75 Å². The third-order valence-corrected chi connectivity index (χ3v) is 3.36. The number of nitrogens with zero attached hydrogens (tertiary/aromatic N) is 1. The number of morpholine rings is 1. The van der Waals surface area contributed by atoms with E-state index in [2.05, 4.69) is 0 Å². The minimum atomic E-state index is 0.0199. The van der Waals surface area contributed by atoms with Gasteiger partial charge in [-0.25, -0.2) is 0 Å². The third kappa shape index (κ3) is 3.95. The summed E-state index contributed by atoms with van der Waals surface area (Å²) in [5.74, 6) is 0.858. The minimum absolute atomic E-state index is 0.0199. The maximum absolute atomic E-state index is 11.8. The second-order valence-electron chi connectivity index (χ2n) is 4.82. The van der Waals surface area contributed by atoms with Gasteiger partial charge in [0.2, 0.25) is 5.91 Å². The Morgan fingerprint density at radius 3 is 3.05 bits per heavy atom. The van der Waals surface area contributed by atoms with Crippen LogP contribution in [0.3, 0.4) is 0 Å². The van der Waals surface area contributed by atoms with Gasteiger partial charge >= 0.3 is 0 Å². The lowest BCUT2D eigenvalue weighted by Crippen LogP contribution is -2.47. The molecular weight excluding hydrogens is 258 g/mol. The Bertz CT molecular complexity index is 449. The summed E-state index contributed by atoms with van der Waals surface area (Å²) in [5.41, 5.74) is 1.15. The van der Waals surface area contributed by atoms with Gasteiger partial charge < -0.3 is 19.1 Å². The van der Waals surface area contributed by atoms with E-state index in [4.69, 9.17) is 14.2 Å². The van der Waals surface area contributed by atoms with Gasteiger partial charge in [0.15, 0.2) is 0 Å². The molecule has 1 fully saturated rings. The number of carbonyl (C=O) groups is 1. The average Bonchev–Trinajstić information content (AvgIpc) is 2.48. The summed E-state index contributed by atoms with van der Waals surface area (Å²) in [6, 6.07) is 7.92. The van der Waals surface area contributed by atoms with Crippen LogP contribution in [0.4, 0.5) is 0 Å². The molecule has 110 valence electrons. The lowest BCUT2D eigenvalue weighted by Gasteiger charge is -2.33. The zero-order chi connectivity index (χ0) is 14.4. The molecule has 0 aliphatic carbocycles. The molecule has 20 heavy (non-hydrogen) atoms. The predicted molar refractivity (Wildman–Crippen MR) is 74.9 cm³/mol. The van der Waals surface area contributed by atoms with Gasteiger partial charge in [0, 0.05) is 26.6 Å². The molecule has 0 N–H and O–H groups in total. The Morgan fingerprint density at radius 1 is 1.45 bits per heavy atom. The molecule has 2 rings (SSSR count). The van der Waals surface area contributed by atoms with E-state index in [-0.39, 0.29) is 18.6 Å². The summed E-state index contributed by atoms with van der Waals surface area (Å²) < 4.78 is 15.8. The van der Waals surface area contributed by atoms with Crippen LogP contribution in [-0.2, 0) is 20.7 Å². The topological polar surface area (TPSA) is 48.0 Å². The summed E-state index contributed by atoms with van der Waals surface area (Å²) in [4.78, 5) is 13.6. The van der Waals surface area contributed by atoms with Gasteiger partial charge in [-0.1, -0.05) is 12.1 Å². The molecule has 1 amide bonds. The Morgan fingerprint density at radius 2 is 2.30 bits per heavy atom. The minimum Gasteiger partial charge on any atom is -0.497 e. The van der Waals surface area contributed by atoms with Crippen molar-refractivity contribution in [3.63, 3.8) is 0 Å². The first-order valence-corrected chi connectivity index (χ1v) is 6.74. The van der Waals surface area contributed by atoms with Gasteiger partial charge in [-0.2, -0.15) is 0 Å². The molecule has 5 heteroatoms. The summed E-state index contributed by atoms with van der Waals surface area (Å²) in [5, 5.41) is 0. The molecule has 0 aromatic heterocycles. The molecule has 1 saturated heterocycles. The number of amides is 1. The van der Waals surface area contributed by atoms with E-state index in [0.29, 0.717) is 19.7 Å². The zero-order valence-electron chi connectivity index (χ0n) is 12.0. The predicted octanol–water partition coefficient (Wildman–Crippen LogP) is 1.11. The van der Waals surface area contributed by atoms with Crippen LogP contribution in [0.15, 0.2) is 24.3 Å². The normalized spacial score (nSPS) is 18.9. The van der Waals surface area contributed by atoms with Crippen molar-refractivity contribution in [2.45, 2.75) is 12.5 Å². The molecule has 0 spiro atoms. The van der Waals surface area contributed by atoms with Gasteiger partial charge in [-0.15, -0.1) is 0 Å². The molecule has 0 radical (unpaired) electrons. The second-order valence-corrected chi connectivity index (χ2v) is 4.82. The number of benzene rings is 1.